The third kappa shape index (κ3) is 5.28. The quantitative estimate of drug-likeness (QED) is 0.387. The van der Waals surface area contributed by atoms with E-state index in [0.717, 1.165) is 19.4 Å². The van der Waals surface area contributed by atoms with Crippen molar-refractivity contribution in [2.24, 2.45) is 0 Å². The summed E-state index contributed by atoms with van der Waals surface area (Å²) < 4.78 is 10.6. The van der Waals surface area contributed by atoms with E-state index < -0.39 is 0 Å². The first-order valence-corrected chi connectivity index (χ1v) is 4.62. The normalized spacial score (nSPS) is 21.8. The van der Waals surface area contributed by atoms with Crippen LogP contribution >= 0.6 is 0 Å². The molecule has 1 rings (SSSR count). The second-order valence-electron chi connectivity index (χ2n) is 2.39. The van der Waals surface area contributed by atoms with Crippen molar-refractivity contribution < 1.29 is 28.3 Å². The monoisotopic (exact) mass is 226 g/mol. The van der Waals surface area contributed by atoms with Crippen LogP contribution < -0.4 is 18.9 Å². The molecular formula is C8H11LiO2Se. The van der Waals surface area contributed by atoms with Gasteiger partial charge in [0.2, 0.25) is 0 Å². The van der Waals surface area contributed by atoms with E-state index in [1.54, 1.807) is 0 Å². The Kier molecular flexibility index (Phi) is 8.61. The zero-order valence-electron chi connectivity index (χ0n) is 7.34. The van der Waals surface area contributed by atoms with Crippen molar-refractivity contribution in [1.82, 2.24) is 0 Å². The second-order valence-corrected chi connectivity index (χ2v) is 2.81. The van der Waals surface area contributed by atoms with Crippen LogP contribution in [0.2, 0.25) is 0 Å². The molecule has 0 aromatic carbocycles. The van der Waals surface area contributed by atoms with Gasteiger partial charge in [0.25, 0.3) is 0 Å². The van der Waals surface area contributed by atoms with Crippen LogP contribution in [0.3, 0.4) is 0 Å². The molecule has 1 saturated heterocycles. The maximum absolute atomic E-state index is 5.32. The molecule has 12 heavy (non-hydrogen) atoms. The predicted molar refractivity (Wildman–Crippen MR) is 43.1 cm³/mol. The van der Waals surface area contributed by atoms with Gasteiger partial charge in [-0.3, -0.25) is 0 Å². The van der Waals surface area contributed by atoms with Crippen molar-refractivity contribution >= 4 is 16.0 Å². The van der Waals surface area contributed by atoms with Gasteiger partial charge in [-0.25, -0.2) is 0 Å². The van der Waals surface area contributed by atoms with E-state index in [-0.39, 0.29) is 25.2 Å². The van der Waals surface area contributed by atoms with Crippen LogP contribution in [0.15, 0.2) is 0 Å². The van der Waals surface area contributed by atoms with Crippen LogP contribution in [0.1, 0.15) is 19.3 Å². The van der Waals surface area contributed by atoms with Crippen LogP contribution in [0, 0.1) is 10.7 Å². The van der Waals surface area contributed by atoms with E-state index in [1.165, 1.54) is 6.42 Å². The van der Waals surface area contributed by atoms with Crippen LogP contribution in [-0.2, 0) is 9.47 Å². The summed E-state index contributed by atoms with van der Waals surface area (Å²) in [4.78, 5) is 2.65. The Hall–Kier alpha value is 0.597. The van der Waals surface area contributed by atoms with Crippen LogP contribution in [0.4, 0.5) is 0 Å². The van der Waals surface area contributed by atoms with Crippen LogP contribution in [-0.4, -0.2) is 35.5 Å². The van der Waals surface area contributed by atoms with Gasteiger partial charge in [0.15, 0.2) is 0 Å². The van der Waals surface area contributed by atoms with E-state index in [4.69, 9.17) is 9.47 Å². The van der Waals surface area contributed by atoms with E-state index >= 15 is 0 Å². The summed E-state index contributed by atoms with van der Waals surface area (Å²) in [6.45, 7) is 1.30. The Balaban J connectivity index is 0.00000121. The Morgan fingerprint density at radius 3 is 2.92 bits per heavy atom. The Bertz CT molecular complexity index is 158. The van der Waals surface area contributed by atoms with Gasteiger partial charge in [-0.15, -0.1) is 0 Å². The van der Waals surface area contributed by atoms with Crippen molar-refractivity contribution in [1.29, 1.82) is 0 Å². The summed E-state index contributed by atoms with van der Waals surface area (Å²) in [5.41, 5.74) is 0. The molecule has 2 nitrogen and oxygen atoms in total. The molecule has 1 aliphatic heterocycles. The molecule has 0 radical (unpaired) electrons. The summed E-state index contributed by atoms with van der Waals surface area (Å²) in [5, 5.41) is 0. The minimum atomic E-state index is -0.00963. The minimum absolute atomic E-state index is 0. The Morgan fingerprint density at radius 2 is 2.33 bits per heavy atom. The molecule has 4 heteroatoms. The van der Waals surface area contributed by atoms with Crippen molar-refractivity contribution in [3.05, 3.63) is 0 Å². The molecule has 0 saturated carbocycles. The first kappa shape index (κ1) is 12.6. The van der Waals surface area contributed by atoms with Gasteiger partial charge < -0.3 is 0 Å². The predicted octanol–water partition coefficient (Wildman–Crippen LogP) is -2.34. The summed E-state index contributed by atoms with van der Waals surface area (Å²) in [6.07, 6.45) is 3.36. The van der Waals surface area contributed by atoms with Gasteiger partial charge in [-0.2, -0.15) is 0 Å². The van der Waals surface area contributed by atoms with Crippen molar-refractivity contribution in [2.75, 3.05) is 13.2 Å². The van der Waals surface area contributed by atoms with E-state index in [1.807, 2.05) is 0 Å². The van der Waals surface area contributed by atoms with Crippen LogP contribution in [0.25, 0.3) is 0 Å². The molecular weight excluding hydrogens is 214 g/mol. The van der Waals surface area contributed by atoms with E-state index in [2.05, 4.69) is 26.8 Å². The second kappa shape index (κ2) is 8.21. The molecule has 1 heterocycles. The molecule has 0 N–H and O–H groups in total. The molecule has 0 spiro atoms. The van der Waals surface area contributed by atoms with Gasteiger partial charge in [-0.1, -0.05) is 0 Å². The van der Waals surface area contributed by atoms with Gasteiger partial charge in [0, 0.05) is 0 Å². The summed E-state index contributed by atoms with van der Waals surface area (Å²) in [5.74, 6) is 2.79. The molecule has 0 bridgehead atoms. The fraction of sp³-hybridized carbons (Fsp3) is 0.750. The van der Waals surface area contributed by atoms with E-state index in [9.17, 15) is 0 Å². The summed E-state index contributed by atoms with van der Waals surface area (Å²) >= 11 is 2.60. The molecule has 1 atom stereocenters. The fourth-order valence-corrected chi connectivity index (χ4v) is 1.13. The standard InChI is InChI=1S/C8H12O2Se.Li/c11-7-3-6-10-8-4-1-2-5-9-8;/h8,11H,1-2,4-6H2;/q;+1/p-1. The molecule has 62 valence electrons. The van der Waals surface area contributed by atoms with Gasteiger partial charge in [0.05, 0.1) is 0 Å². The zero-order chi connectivity index (χ0) is 7.94. The molecule has 0 aromatic rings. The van der Waals surface area contributed by atoms with Crippen molar-refractivity contribution in [3.8, 4) is 10.7 Å². The Morgan fingerprint density at radius 1 is 1.50 bits per heavy atom. The van der Waals surface area contributed by atoms with Crippen molar-refractivity contribution in [2.45, 2.75) is 25.6 Å². The van der Waals surface area contributed by atoms with E-state index in [0.29, 0.717) is 6.61 Å². The fourth-order valence-electron chi connectivity index (χ4n) is 1.01. The molecule has 0 aromatic heterocycles. The third-order valence-corrected chi connectivity index (χ3v) is 1.85. The average Bonchev–Trinajstić information content (AvgIpc) is 2.07. The first-order valence-electron chi connectivity index (χ1n) is 3.76. The first-order chi connectivity index (χ1) is 5.43. The molecule has 0 aliphatic carbocycles. The zero-order valence-corrected chi connectivity index (χ0v) is 9.05. The number of rotatable bonds is 2. The number of ether oxygens (including phenoxy) is 2. The van der Waals surface area contributed by atoms with Crippen molar-refractivity contribution in [3.63, 3.8) is 0 Å². The summed E-state index contributed by atoms with van der Waals surface area (Å²) in [7, 11) is 0. The molecule has 0 amide bonds. The molecule has 1 unspecified atom stereocenters. The molecule has 1 fully saturated rings. The van der Waals surface area contributed by atoms with Gasteiger partial charge in [-0.05, 0) is 0 Å². The number of hydrogen-bond donors (Lipinski definition) is 0. The van der Waals surface area contributed by atoms with Gasteiger partial charge in [0.1, 0.15) is 0 Å². The maximum atomic E-state index is 5.32. The SMILES string of the molecule is [Li+].[Se-]C#CCOC1CCCCO1. The number of hydrogen-bond acceptors (Lipinski definition) is 2. The summed E-state index contributed by atoms with van der Waals surface area (Å²) in [6, 6.07) is 0. The molecule has 1 aliphatic rings. The third-order valence-electron chi connectivity index (χ3n) is 1.55. The topological polar surface area (TPSA) is 18.5 Å². The van der Waals surface area contributed by atoms with Crippen LogP contribution in [0.5, 0.6) is 0 Å². The average molecular weight is 225 g/mol. The Labute approximate surface area is 93.7 Å². The van der Waals surface area contributed by atoms with Gasteiger partial charge >= 0.3 is 93.9 Å².